The number of thiazole rings is 1. The van der Waals surface area contributed by atoms with E-state index in [0.717, 1.165) is 20.6 Å². The minimum Gasteiger partial charge on any atom is -0.388 e. The van der Waals surface area contributed by atoms with Gasteiger partial charge in [-0.15, -0.1) is 0 Å². The molecule has 0 amide bonds. The SMILES string of the molecule is CC(O)c1cnc(N(C)Cc2ccccc2Cl)s1. The minimum atomic E-state index is -0.468. The number of rotatable bonds is 4. The van der Waals surface area contributed by atoms with Crippen LogP contribution in [0.4, 0.5) is 5.13 Å². The highest BCUT2D eigenvalue weighted by Crippen LogP contribution is 2.28. The highest BCUT2D eigenvalue weighted by atomic mass is 35.5. The lowest BCUT2D eigenvalue weighted by molar-refractivity contribution is 0.203. The van der Waals surface area contributed by atoms with E-state index >= 15 is 0 Å². The molecular formula is C13H15ClN2OS. The summed E-state index contributed by atoms with van der Waals surface area (Å²) in [6.07, 6.45) is 1.25. The molecule has 0 saturated carbocycles. The molecule has 1 N–H and O–H groups in total. The number of anilines is 1. The molecule has 0 fully saturated rings. The lowest BCUT2D eigenvalue weighted by Gasteiger charge is -2.16. The topological polar surface area (TPSA) is 36.4 Å². The van der Waals surface area contributed by atoms with Gasteiger partial charge in [0.1, 0.15) is 0 Å². The Labute approximate surface area is 116 Å². The fraction of sp³-hybridized carbons (Fsp3) is 0.308. The van der Waals surface area contributed by atoms with Gasteiger partial charge in [0.05, 0.1) is 11.0 Å². The van der Waals surface area contributed by atoms with Crippen molar-refractivity contribution in [2.45, 2.75) is 19.6 Å². The fourth-order valence-electron chi connectivity index (χ4n) is 1.60. The van der Waals surface area contributed by atoms with E-state index < -0.39 is 6.10 Å². The monoisotopic (exact) mass is 282 g/mol. The average Bonchev–Trinajstić information content (AvgIpc) is 2.81. The van der Waals surface area contributed by atoms with E-state index in [1.807, 2.05) is 36.2 Å². The highest BCUT2D eigenvalue weighted by Gasteiger charge is 2.11. The molecule has 3 nitrogen and oxygen atoms in total. The Kier molecular flexibility index (Phi) is 4.22. The molecule has 1 aromatic heterocycles. The zero-order chi connectivity index (χ0) is 13.1. The molecule has 96 valence electrons. The van der Waals surface area contributed by atoms with Crippen LogP contribution in [0.15, 0.2) is 30.5 Å². The van der Waals surface area contributed by atoms with Gasteiger partial charge in [0.15, 0.2) is 5.13 Å². The number of nitrogens with zero attached hydrogens (tertiary/aromatic N) is 2. The van der Waals surface area contributed by atoms with Crippen molar-refractivity contribution in [1.29, 1.82) is 0 Å². The van der Waals surface area contributed by atoms with Crippen molar-refractivity contribution in [2.24, 2.45) is 0 Å². The van der Waals surface area contributed by atoms with Crippen LogP contribution in [0.3, 0.4) is 0 Å². The maximum absolute atomic E-state index is 9.48. The van der Waals surface area contributed by atoms with Gasteiger partial charge in [-0.25, -0.2) is 4.98 Å². The fourth-order valence-corrected chi connectivity index (χ4v) is 2.60. The third-order valence-corrected chi connectivity index (χ3v) is 4.27. The summed E-state index contributed by atoms with van der Waals surface area (Å²) in [7, 11) is 1.97. The summed E-state index contributed by atoms with van der Waals surface area (Å²) in [5, 5.41) is 11.1. The first-order valence-corrected chi connectivity index (χ1v) is 6.85. The van der Waals surface area contributed by atoms with Crippen molar-refractivity contribution in [1.82, 2.24) is 4.98 Å². The first-order valence-electron chi connectivity index (χ1n) is 5.66. The molecule has 2 aromatic rings. The van der Waals surface area contributed by atoms with E-state index in [9.17, 15) is 5.11 Å². The summed E-state index contributed by atoms with van der Waals surface area (Å²) < 4.78 is 0. The molecule has 0 radical (unpaired) electrons. The second-order valence-electron chi connectivity index (χ2n) is 4.17. The quantitative estimate of drug-likeness (QED) is 0.933. The lowest BCUT2D eigenvalue weighted by Crippen LogP contribution is -2.16. The van der Waals surface area contributed by atoms with Crippen LogP contribution >= 0.6 is 22.9 Å². The van der Waals surface area contributed by atoms with E-state index in [4.69, 9.17) is 11.6 Å². The van der Waals surface area contributed by atoms with Crippen LogP contribution in [0.25, 0.3) is 0 Å². The van der Waals surface area contributed by atoms with Gasteiger partial charge in [-0.2, -0.15) is 0 Å². The number of hydrogen-bond donors (Lipinski definition) is 1. The molecule has 0 bridgehead atoms. The average molecular weight is 283 g/mol. The summed E-state index contributed by atoms with van der Waals surface area (Å²) >= 11 is 7.62. The van der Waals surface area contributed by atoms with Crippen molar-refractivity contribution >= 4 is 28.1 Å². The zero-order valence-corrected chi connectivity index (χ0v) is 11.9. The zero-order valence-electron chi connectivity index (χ0n) is 10.3. The smallest absolute Gasteiger partial charge is 0.185 e. The minimum absolute atomic E-state index is 0.468. The predicted molar refractivity (Wildman–Crippen MR) is 76.3 cm³/mol. The Morgan fingerprint density at radius 2 is 2.17 bits per heavy atom. The third kappa shape index (κ3) is 3.02. The molecule has 0 spiro atoms. The second kappa shape index (κ2) is 5.69. The number of aliphatic hydroxyl groups is 1. The van der Waals surface area contributed by atoms with Gasteiger partial charge in [-0.05, 0) is 18.6 Å². The molecule has 1 atom stereocenters. The van der Waals surface area contributed by atoms with Crippen molar-refractivity contribution in [3.05, 3.63) is 45.9 Å². The lowest BCUT2D eigenvalue weighted by atomic mass is 10.2. The molecule has 1 unspecified atom stereocenters. The van der Waals surface area contributed by atoms with E-state index in [1.165, 1.54) is 11.3 Å². The summed E-state index contributed by atoms with van der Waals surface area (Å²) in [5.74, 6) is 0. The Morgan fingerprint density at radius 3 is 2.78 bits per heavy atom. The van der Waals surface area contributed by atoms with Gasteiger partial charge < -0.3 is 10.0 Å². The normalized spacial score (nSPS) is 12.4. The first kappa shape index (κ1) is 13.3. The highest BCUT2D eigenvalue weighted by molar-refractivity contribution is 7.15. The van der Waals surface area contributed by atoms with Crippen molar-refractivity contribution in [2.75, 3.05) is 11.9 Å². The Hall–Kier alpha value is -1.10. The van der Waals surface area contributed by atoms with E-state index in [0.29, 0.717) is 6.54 Å². The van der Waals surface area contributed by atoms with E-state index in [-0.39, 0.29) is 0 Å². The van der Waals surface area contributed by atoms with Gasteiger partial charge in [0, 0.05) is 24.8 Å². The van der Waals surface area contributed by atoms with Gasteiger partial charge >= 0.3 is 0 Å². The van der Waals surface area contributed by atoms with E-state index in [2.05, 4.69) is 4.98 Å². The third-order valence-electron chi connectivity index (χ3n) is 2.62. The number of aromatic nitrogens is 1. The molecule has 2 rings (SSSR count). The molecule has 0 aliphatic carbocycles. The molecule has 1 aromatic carbocycles. The summed E-state index contributed by atoms with van der Waals surface area (Å²) in [6.45, 7) is 2.44. The number of benzene rings is 1. The van der Waals surface area contributed by atoms with Gasteiger partial charge in [-0.3, -0.25) is 0 Å². The molecule has 0 saturated heterocycles. The standard InChI is InChI=1S/C13H15ClN2OS/c1-9(17)12-7-15-13(18-12)16(2)8-10-5-3-4-6-11(10)14/h3-7,9,17H,8H2,1-2H3. The molecule has 18 heavy (non-hydrogen) atoms. The number of halogens is 1. The van der Waals surface area contributed by atoms with Crippen molar-refractivity contribution in [3.63, 3.8) is 0 Å². The largest absolute Gasteiger partial charge is 0.388 e. The van der Waals surface area contributed by atoms with Crippen LogP contribution in [-0.4, -0.2) is 17.1 Å². The molecular weight excluding hydrogens is 268 g/mol. The predicted octanol–water partition coefficient (Wildman–Crippen LogP) is 3.49. The Balaban J connectivity index is 2.12. The Morgan fingerprint density at radius 1 is 1.44 bits per heavy atom. The summed E-state index contributed by atoms with van der Waals surface area (Å²) in [5.41, 5.74) is 1.07. The summed E-state index contributed by atoms with van der Waals surface area (Å²) in [4.78, 5) is 7.20. The second-order valence-corrected chi connectivity index (χ2v) is 5.62. The van der Waals surface area contributed by atoms with E-state index in [1.54, 1.807) is 13.1 Å². The van der Waals surface area contributed by atoms with Crippen LogP contribution < -0.4 is 4.90 Å². The maximum atomic E-state index is 9.48. The first-order chi connectivity index (χ1) is 8.58. The number of aliphatic hydroxyl groups excluding tert-OH is 1. The molecule has 0 aliphatic rings. The van der Waals surface area contributed by atoms with Gasteiger partial charge in [-0.1, -0.05) is 41.1 Å². The van der Waals surface area contributed by atoms with Gasteiger partial charge in [0.25, 0.3) is 0 Å². The molecule has 5 heteroatoms. The maximum Gasteiger partial charge on any atom is 0.185 e. The van der Waals surface area contributed by atoms with Crippen LogP contribution in [0, 0.1) is 0 Å². The molecule has 1 heterocycles. The van der Waals surface area contributed by atoms with Crippen LogP contribution in [-0.2, 0) is 6.54 Å². The van der Waals surface area contributed by atoms with Crippen LogP contribution in [0.5, 0.6) is 0 Å². The molecule has 0 aliphatic heterocycles. The van der Waals surface area contributed by atoms with Crippen molar-refractivity contribution < 1.29 is 5.11 Å². The van der Waals surface area contributed by atoms with Crippen LogP contribution in [0.2, 0.25) is 5.02 Å². The summed E-state index contributed by atoms with van der Waals surface area (Å²) in [6, 6.07) is 7.77. The van der Waals surface area contributed by atoms with Crippen LogP contribution in [0.1, 0.15) is 23.5 Å². The van der Waals surface area contributed by atoms with Crippen molar-refractivity contribution in [3.8, 4) is 0 Å². The Bertz CT molecular complexity index is 527. The number of hydrogen-bond acceptors (Lipinski definition) is 4. The van der Waals surface area contributed by atoms with Gasteiger partial charge in [0.2, 0.25) is 0 Å².